The van der Waals surface area contributed by atoms with E-state index in [4.69, 9.17) is 9.84 Å². The molecule has 2 aromatic carbocycles. The van der Waals surface area contributed by atoms with Crippen LogP contribution in [0, 0.1) is 6.92 Å². The molecule has 1 saturated heterocycles. The number of hydrogen-bond donors (Lipinski definition) is 1. The molecule has 0 bridgehead atoms. The summed E-state index contributed by atoms with van der Waals surface area (Å²) >= 11 is 1.29. The van der Waals surface area contributed by atoms with Gasteiger partial charge in [0.2, 0.25) is 0 Å². The van der Waals surface area contributed by atoms with Gasteiger partial charge in [0, 0.05) is 32.2 Å². The van der Waals surface area contributed by atoms with Crippen molar-refractivity contribution in [2.45, 2.75) is 32.5 Å². The molecule has 10 heteroatoms. The third-order valence-electron chi connectivity index (χ3n) is 5.98. The number of rotatable bonds is 7. The smallest absolute Gasteiger partial charge is 0.416 e. The Kier molecular flexibility index (Phi) is 6.99. The van der Waals surface area contributed by atoms with Crippen LogP contribution in [0.15, 0.2) is 36.4 Å². The number of nitrogens with zero attached hydrogens (tertiary/aromatic N) is 3. The minimum absolute atomic E-state index is 0.0427. The van der Waals surface area contributed by atoms with E-state index in [0.717, 1.165) is 36.4 Å². The van der Waals surface area contributed by atoms with Gasteiger partial charge in [-0.2, -0.15) is 13.2 Å². The number of ether oxygens (including phenoxy) is 1. The average Bonchev–Trinajstić information content (AvgIpc) is 3.19. The number of aromatic nitrogens is 1. The Bertz CT molecular complexity index is 1180. The van der Waals surface area contributed by atoms with Crippen LogP contribution in [0.1, 0.15) is 23.6 Å². The number of thiazole rings is 1. The second kappa shape index (κ2) is 9.79. The predicted molar refractivity (Wildman–Crippen MR) is 126 cm³/mol. The average molecular weight is 494 g/mol. The van der Waals surface area contributed by atoms with Gasteiger partial charge in [-0.25, -0.2) is 4.98 Å². The van der Waals surface area contributed by atoms with Gasteiger partial charge in [0.1, 0.15) is 12.4 Å². The minimum atomic E-state index is -4.36. The van der Waals surface area contributed by atoms with Crippen LogP contribution in [0.3, 0.4) is 0 Å². The lowest BCUT2D eigenvalue weighted by atomic mass is 10.1. The summed E-state index contributed by atoms with van der Waals surface area (Å²) in [5, 5.41) is 9.73. The second-order valence-electron chi connectivity index (χ2n) is 8.53. The van der Waals surface area contributed by atoms with Crippen molar-refractivity contribution in [3.8, 4) is 5.75 Å². The molecule has 0 unspecified atom stereocenters. The summed E-state index contributed by atoms with van der Waals surface area (Å²) in [6, 6.07) is 9.33. The third-order valence-corrected chi connectivity index (χ3v) is 7.06. The molecule has 2 heterocycles. The Hall–Kier alpha value is -2.85. The summed E-state index contributed by atoms with van der Waals surface area (Å²) in [5.41, 5.74) is 1.58. The van der Waals surface area contributed by atoms with Crippen LogP contribution < -0.4 is 9.64 Å². The van der Waals surface area contributed by atoms with Gasteiger partial charge in [0.25, 0.3) is 0 Å². The Morgan fingerprint density at radius 2 is 2.03 bits per heavy atom. The molecule has 4 rings (SSSR count). The molecule has 182 valence electrons. The number of anilines is 1. The number of hydrogen-bond acceptors (Lipinski definition) is 6. The number of aryl methyl sites for hydroxylation is 1. The molecule has 1 aliphatic rings. The Morgan fingerprint density at radius 3 is 2.74 bits per heavy atom. The summed E-state index contributed by atoms with van der Waals surface area (Å²) in [4.78, 5) is 19.9. The highest BCUT2D eigenvalue weighted by Crippen LogP contribution is 2.35. The molecule has 0 aliphatic carbocycles. The summed E-state index contributed by atoms with van der Waals surface area (Å²) < 4.78 is 45.5. The Morgan fingerprint density at radius 1 is 1.24 bits per heavy atom. The van der Waals surface area contributed by atoms with Crippen molar-refractivity contribution in [1.82, 2.24) is 9.88 Å². The highest BCUT2D eigenvalue weighted by Gasteiger charge is 2.31. The number of carboxylic acids is 1. The normalized spacial score (nSPS) is 17.3. The molecule has 1 aliphatic heterocycles. The van der Waals surface area contributed by atoms with E-state index in [9.17, 15) is 18.0 Å². The van der Waals surface area contributed by atoms with Gasteiger partial charge in [-0.1, -0.05) is 23.5 Å². The van der Waals surface area contributed by atoms with Gasteiger partial charge in [-0.05, 0) is 49.2 Å². The lowest BCUT2D eigenvalue weighted by molar-refractivity contribution is -0.138. The largest absolute Gasteiger partial charge is 0.492 e. The number of halogens is 3. The number of piperazine rings is 1. The molecule has 0 radical (unpaired) electrons. The molecule has 1 atom stereocenters. The first kappa shape index (κ1) is 24.3. The molecular weight excluding hydrogens is 467 g/mol. The topological polar surface area (TPSA) is 65.9 Å². The van der Waals surface area contributed by atoms with E-state index < -0.39 is 17.7 Å². The van der Waals surface area contributed by atoms with Crippen molar-refractivity contribution in [2.24, 2.45) is 0 Å². The fraction of sp³-hybridized carbons (Fsp3) is 0.417. The molecule has 34 heavy (non-hydrogen) atoms. The molecule has 0 saturated carbocycles. The van der Waals surface area contributed by atoms with E-state index in [1.807, 2.05) is 13.0 Å². The summed E-state index contributed by atoms with van der Waals surface area (Å²) in [6.45, 7) is 7.46. The maximum absolute atomic E-state index is 13.0. The first-order valence-electron chi connectivity index (χ1n) is 11.0. The molecule has 3 aromatic rings. The highest BCUT2D eigenvalue weighted by molar-refractivity contribution is 7.22. The minimum Gasteiger partial charge on any atom is -0.492 e. The van der Waals surface area contributed by atoms with Crippen LogP contribution >= 0.6 is 11.3 Å². The zero-order valence-corrected chi connectivity index (χ0v) is 19.7. The van der Waals surface area contributed by atoms with Crippen molar-refractivity contribution in [2.75, 3.05) is 37.7 Å². The zero-order chi connectivity index (χ0) is 24.5. The van der Waals surface area contributed by atoms with Gasteiger partial charge in [0.05, 0.1) is 22.2 Å². The maximum atomic E-state index is 13.0. The van der Waals surface area contributed by atoms with Crippen LogP contribution in [-0.4, -0.2) is 59.8 Å². The number of alkyl halides is 3. The van der Waals surface area contributed by atoms with Crippen LogP contribution in [0.2, 0.25) is 0 Å². The zero-order valence-electron chi connectivity index (χ0n) is 18.9. The lowest BCUT2D eigenvalue weighted by Gasteiger charge is -2.39. The van der Waals surface area contributed by atoms with E-state index in [-0.39, 0.29) is 12.5 Å². The number of carboxylic acid groups (broad SMARTS) is 1. The van der Waals surface area contributed by atoms with Crippen molar-refractivity contribution in [1.29, 1.82) is 0 Å². The number of benzene rings is 2. The molecule has 1 N–H and O–H groups in total. The molecule has 1 aromatic heterocycles. The monoisotopic (exact) mass is 493 g/mol. The van der Waals surface area contributed by atoms with E-state index >= 15 is 0 Å². The number of aliphatic carboxylic acids is 1. The maximum Gasteiger partial charge on any atom is 0.416 e. The van der Waals surface area contributed by atoms with E-state index in [0.29, 0.717) is 34.7 Å². The van der Waals surface area contributed by atoms with Gasteiger partial charge >= 0.3 is 12.1 Å². The standard InChI is InChI=1S/C24H26F3N3O3S/c1-15-3-4-17(12-22(31)32)11-20(15)33-10-9-29-7-8-30(14-16(29)2)23-28-19-6-5-18(24(25,26)27)13-21(19)34-23/h3-6,11,13,16H,7-10,12,14H2,1-2H3,(H,31,32)/t16-/m0/s1. The number of fused-ring (bicyclic) bond motifs is 1. The summed E-state index contributed by atoms with van der Waals surface area (Å²) in [5.74, 6) is -0.187. The first-order valence-corrected chi connectivity index (χ1v) is 11.8. The quantitative estimate of drug-likeness (QED) is 0.508. The molecule has 1 fully saturated rings. The van der Waals surface area contributed by atoms with Crippen LogP contribution in [0.4, 0.5) is 18.3 Å². The second-order valence-corrected chi connectivity index (χ2v) is 9.54. The van der Waals surface area contributed by atoms with Crippen LogP contribution in [-0.2, 0) is 17.4 Å². The number of carbonyl (C=O) groups is 1. The third kappa shape index (κ3) is 5.61. The van der Waals surface area contributed by atoms with Crippen molar-refractivity contribution < 1.29 is 27.8 Å². The van der Waals surface area contributed by atoms with Gasteiger partial charge in [-0.15, -0.1) is 0 Å². The molecule has 0 amide bonds. The molecule has 0 spiro atoms. The predicted octanol–water partition coefficient (Wildman–Crippen LogP) is 4.84. The first-order chi connectivity index (χ1) is 16.1. The SMILES string of the molecule is Cc1ccc(CC(=O)O)cc1OCCN1CCN(c2nc3ccc(C(F)(F)F)cc3s2)C[C@@H]1C. The van der Waals surface area contributed by atoms with Crippen molar-refractivity contribution in [3.05, 3.63) is 53.1 Å². The van der Waals surface area contributed by atoms with Gasteiger partial charge in [0.15, 0.2) is 5.13 Å². The van der Waals surface area contributed by atoms with Gasteiger partial charge < -0.3 is 14.7 Å². The van der Waals surface area contributed by atoms with Crippen molar-refractivity contribution >= 4 is 32.7 Å². The lowest BCUT2D eigenvalue weighted by Crippen LogP contribution is -2.52. The summed E-state index contributed by atoms with van der Waals surface area (Å²) in [7, 11) is 0. The van der Waals surface area contributed by atoms with E-state index in [1.165, 1.54) is 23.5 Å². The van der Waals surface area contributed by atoms with Crippen LogP contribution in [0.5, 0.6) is 5.75 Å². The van der Waals surface area contributed by atoms with E-state index in [1.54, 1.807) is 12.1 Å². The molecular formula is C24H26F3N3O3S. The van der Waals surface area contributed by atoms with E-state index in [2.05, 4.69) is 21.7 Å². The van der Waals surface area contributed by atoms with Crippen LogP contribution in [0.25, 0.3) is 10.2 Å². The molecule has 6 nitrogen and oxygen atoms in total. The Balaban J connectivity index is 1.34. The highest BCUT2D eigenvalue weighted by atomic mass is 32.1. The van der Waals surface area contributed by atoms with Gasteiger partial charge in [-0.3, -0.25) is 9.69 Å². The van der Waals surface area contributed by atoms with Crippen molar-refractivity contribution in [3.63, 3.8) is 0 Å². The fourth-order valence-electron chi connectivity index (χ4n) is 4.08. The Labute approximate surface area is 199 Å². The fourth-order valence-corrected chi connectivity index (χ4v) is 5.12. The summed E-state index contributed by atoms with van der Waals surface area (Å²) in [6.07, 6.45) is -4.41.